The summed E-state index contributed by atoms with van der Waals surface area (Å²) in [6.45, 7) is 6.74. The van der Waals surface area contributed by atoms with E-state index < -0.39 is 0 Å². The highest BCUT2D eigenvalue weighted by atomic mass is 16.5. The fourth-order valence-electron chi connectivity index (χ4n) is 4.20. The number of unbranched alkanes of at least 4 members (excludes halogenated alkanes) is 1. The van der Waals surface area contributed by atoms with Crippen LogP contribution in [0.5, 0.6) is 5.75 Å². The number of allylic oxidation sites excluding steroid dienone is 2. The standard InChI is InChI=1S/C28H36O2/c1-4-6-7-28(29)30-27-18-16-26(17-19-27)25-14-12-24(13-15-25)23-10-8-22(9-11-23)20-21(3)5-2/h10,12-19,21-22H,4-9,11,20H2,1-3H3. The molecular weight excluding hydrogens is 368 g/mol. The highest BCUT2D eigenvalue weighted by molar-refractivity contribution is 5.73. The van der Waals surface area contributed by atoms with Gasteiger partial charge in [-0.15, -0.1) is 0 Å². The smallest absolute Gasteiger partial charge is 0.311 e. The molecule has 0 saturated heterocycles. The molecule has 0 aromatic heterocycles. The molecule has 0 amide bonds. The Bertz CT molecular complexity index is 830. The second-order valence-corrected chi connectivity index (χ2v) is 8.80. The molecule has 0 radical (unpaired) electrons. The summed E-state index contributed by atoms with van der Waals surface area (Å²) < 4.78 is 5.40. The molecule has 0 saturated carbocycles. The first-order chi connectivity index (χ1) is 14.6. The van der Waals surface area contributed by atoms with Gasteiger partial charge < -0.3 is 4.74 Å². The second-order valence-electron chi connectivity index (χ2n) is 8.80. The Morgan fingerprint density at radius 1 is 1.00 bits per heavy atom. The van der Waals surface area contributed by atoms with Crippen LogP contribution in [0.2, 0.25) is 0 Å². The van der Waals surface area contributed by atoms with Crippen LogP contribution in [0.3, 0.4) is 0 Å². The van der Waals surface area contributed by atoms with Crippen LogP contribution < -0.4 is 4.74 Å². The summed E-state index contributed by atoms with van der Waals surface area (Å²) in [5.41, 5.74) is 5.17. The summed E-state index contributed by atoms with van der Waals surface area (Å²) in [6.07, 6.45) is 11.2. The van der Waals surface area contributed by atoms with E-state index in [9.17, 15) is 4.79 Å². The first-order valence-corrected chi connectivity index (χ1v) is 11.7. The third-order valence-corrected chi connectivity index (χ3v) is 6.36. The molecule has 2 atom stereocenters. The van der Waals surface area contributed by atoms with E-state index in [2.05, 4.69) is 51.1 Å². The average molecular weight is 405 g/mol. The molecule has 2 unspecified atom stereocenters. The van der Waals surface area contributed by atoms with Crippen molar-refractivity contribution in [1.82, 2.24) is 0 Å². The average Bonchev–Trinajstić information content (AvgIpc) is 2.79. The van der Waals surface area contributed by atoms with Crippen LogP contribution in [0.25, 0.3) is 16.7 Å². The zero-order valence-corrected chi connectivity index (χ0v) is 18.8. The quantitative estimate of drug-likeness (QED) is 0.312. The highest BCUT2D eigenvalue weighted by Gasteiger charge is 2.17. The number of benzene rings is 2. The van der Waals surface area contributed by atoms with Gasteiger partial charge in [0, 0.05) is 6.42 Å². The van der Waals surface area contributed by atoms with Gasteiger partial charge in [0.15, 0.2) is 0 Å². The molecule has 30 heavy (non-hydrogen) atoms. The van der Waals surface area contributed by atoms with Crippen LogP contribution in [0, 0.1) is 11.8 Å². The van der Waals surface area contributed by atoms with E-state index in [1.807, 2.05) is 24.3 Å². The molecule has 0 fully saturated rings. The van der Waals surface area contributed by atoms with Crippen molar-refractivity contribution in [3.8, 4) is 16.9 Å². The molecule has 2 aromatic rings. The Kier molecular flexibility index (Phi) is 8.30. The molecule has 0 heterocycles. The van der Waals surface area contributed by atoms with Gasteiger partial charge in [-0.25, -0.2) is 0 Å². The number of rotatable bonds is 9. The highest BCUT2D eigenvalue weighted by Crippen LogP contribution is 2.34. The molecule has 160 valence electrons. The van der Waals surface area contributed by atoms with Crippen molar-refractivity contribution < 1.29 is 9.53 Å². The Morgan fingerprint density at radius 3 is 2.20 bits per heavy atom. The SMILES string of the molecule is CCCCC(=O)Oc1ccc(-c2ccc(C3=CCC(CC(C)CC)CC3)cc2)cc1. The number of esters is 1. The van der Waals surface area contributed by atoms with E-state index in [1.54, 1.807) is 0 Å². The van der Waals surface area contributed by atoms with Gasteiger partial charge in [-0.05, 0) is 78.3 Å². The molecule has 0 aliphatic heterocycles. The molecule has 2 heteroatoms. The predicted molar refractivity (Wildman–Crippen MR) is 126 cm³/mol. The van der Waals surface area contributed by atoms with Gasteiger partial charge >= 0.3 is 5.97 Å². The van der Waals surface area contributed by atoms with Crippen LogP contribution in [0.1, 0.15) is 77.7 Å². The van der Waals surface area contributed by atoms with Gasteiger partial charge in [-0.1, -0.05) is 76.1 Å². The van der Waals surface area contributed by atoms with Gasteiger partial charge in [0.05, 0.1) is 0 Å². The summed E-state index contributed by atoms with van der Waals surface area (Å²) in [4.78, 5) is 11.8. The second kappa shape index (κ2) is 11.2. The van der Waals surface area contributed by atoms with E-state index in [4.69, 9.17) is 4.74 Å². The van der Waals surface area contributed by atoms with Crippen molar-refractivity contribution in [2.45, 2.75) is 72.1 Å². The topological polar surface area (TPSA) is 26.3 Å². The first kappa shape index (κ1) is 22.3. The van der Waals surface area contributed by atoms with Crippen molar-refractivity contribution >= 4 is 11.5 Å². The monoisotopic (exact) mass is 404 g/mol. The summed E-state index contributed by atoms with van der Waals surface area (Å²) >= 11 is 0. The molecule has 1 aliphatic rings. The lowest BCUT2D eigenvalue weighted by molar-refractivity contribution is -0.134. The van der Waals surface area contributed by atoms with E-state index in [-0.39, 0.29) is 5.97 Å². The van der Waals surface area contributed by atoms with Gasteiger partial charge in [0.25, 0.3) is 0 Å². The Balaban J connectivity index is 1.59. The van der Waals surface area contributed by atoms with E-state index >= 15 is 0 Å². The maximum atomic E-state index is 11.8. The van der Waals surface area contributed by atoms with Gasteiger partial charge in [0.1, 0.15) is 5.75 Å². The minimum atomic E-state index is -0.152. The van der Waals surface area contributed by atoms with Crippen LogP contribution in [-0.4, -0.2) is 5.97 Å². The predicted octanol–water partition coefficient (Wildman–Crippen LogP) is 8.07. The largest absolute Gasteiger partial charge is 0.427 e. The van der Waals surface area contributed by atoms with E-state index in [1.165, 1.54) is 48.8 Å². The van der Waals surface area contributed by atoms with Crippen molar-refractivity contribution in [3.63, 3.8) is 0 Å². The zero-order valence-electron chi connectivity index (χ0n) is 18.8. The van der Waals surface area contributed by atoms with Gasteiger partial charge in [-0.2, -0.15) is 0 Å². The van der Waals surface area contributed by atoms with Crippen molar-refractivity contribution in [1.29, 1.82) is 0 Å². The normalized spacial score (nSPS) is 17.3. The molecule has 2 aromatic carbocycles. The Labute approximate surface area is 182 Å². The number of hydrogen-bond acceptors (Lipinski definition) is 2. The maximum Gasteiger partial charge on any atom is 0.311 e. The van der Waals surface area contributed by atoms with Crippen LogP contribution in [0.4, 0.5) is 0 Å². The van der Waals surface area contributed by atoms with E-state index in [0.717, 1.165) is 30.2 Å². The summed E-state index contributed by atoms with van der Waals surface area (Å²) in [7, 11) is 0. The third kappa shape index (κ3) is 6.32. The number of carbonyl (C=O) groups excluding carboxylic acids is 1. The summed E-state index contributed by atoms with van der Waals surface area (Å²) in [5, 5.41) is 0. The number of carbonyl (C=O) groups is 1. The zero-order chi connectivity index (χ0) is 21.3. The minimum absolute atomic E-state index is 0.152. The molecule has 0 bridgehead atoms. The third-order valence-electron chi connectivity index (χ3n) is 6.36. The van der Waals surface area contributed by atoms with Gasteiger partial charge in [-0.3, -0.25) is 4.79 Å². The fourth-order valence-corrected chi connectivity index (χ4v) is 4.20. The fraction of sp³-hybridized carbons (Fsp3) is 0.464. The molecule has 3 rings (SSSR count). The summed E-state index contributed by atoms with van der Waals surface area (Å²) in [5.74, 6) is 2.17. The lowest BCUT2D eigenvalue weighted by atomic mass is 9.81. The lowest BCUT2D eigenvalue weighted by Crippen LogP contribution is -2.09. The molecule has 1 aliphatic carbocycles. The molecule has 2 nitrogen and oxygen atoms in total. The van der Waals surface area contributed by atoms with Crippen molar-refractivity contribution in [3.05, 3.63) is 60.2 Å². The van der Waals surface area contributed by atoms with Crippen molar-refractivity contribution in [2.75, 3.05) is 0 Å². The van der Waals surface area contributed by atoms with E-state index in [0.29, 0.717) is 12.2 Å². The minimum Gasteiger partial charge on any atom is -0.427 e. The van der Waals surface area contributed by atoms with Crippen LogP contribution in [0.15, 0.2) is 54.6 Å². The molecule has 0 spiro atoms. The maximum absolute atomic E-state index is 11.8. The number of ether oxygens (including phenoxy) is 1. The van der Waals surface area contributed by atoms with Gasteiger partial charge in [0.2, 0.25) is 0 Å². The summed E-state index contributed by atoms with van der Waals surface area (Å²) in [6, 6.07) is 16.7. The number of hydrogen-bond donors (Lipinski definition) is 0. The lowest BCUT2D eigenvalue weighted by Gasteiger charge is -2.24. The van der Waals surface area contributed by atoms with Crippen LogP contribution >= 0.6 is 0 Å². The van der Waals surface area contributed by atoms with Crippen molar-refractivity contribution in [2.24, 2.45) is 11.8 Å². The Hall–Kier alpha value is -2.35. The Morgan fingerprint density at radius 2 is 1.63 bits per heavy atom. The first-order valence-electron chi connectivity index (χ1n) is 11.7. The molecular formula is C28H36O2. The molecule has 0 N–H and O–H groups in total. The van der Waals surface area contributed by atoms with Crippen LogP contribution in [-0.2, 0) is 4.79 Å².